The minimum absolute atomic E-state index is 1.09. The first-order chi connectivity index (χ1) is 1.73. The van der Waals surface area contributed by atoms with E-state index in [9.17, 15) is 0 Å². The SMILES string of the molecule is S=[P](Cl)Cl. The van der Waals surface area contributed by atoms with Gasteiger partial charge in [0.2, 0.25) is 0 Å². The van der Waals surface area contributed by atoms with Crippen molar-refractivity contribution in [3.63, 3.8) is 0 Å². The lowest BCUT2D eigenvalue weighted by Gasteiger charge is -1.55. The zero-order valence-electron chi connectivity index (χ0n) is 1.61. The second-order valence-electron chi connectivity index (χ2n) is 0.202. The van der Waals surface area contributed by atoms with E-state index in [4.69, 9.17) is 22.5 Å². The predicted molar refractivity (Wildman–Crippen MR) is 26.0 cm³/mol. The lowest BCUT2D eigenvalue weighted by atomic mass is 30.3. The Labute approximate surface area is 40.1 Å². The van der Waals surface area contributed by atoms with Crippen LogP contribution in [0.25, 0.3) is 0 Å². The average molecular weight is 134 g/mol. The van der Waals surface area contributed by atoms with E-state index in [2.05, 4.69) is 11.8 Å². The summed E-state index contributed by atoms with van der Waals surface area (Å²) in [6.07, 6.45) is 0. The van der Waals surface area contributed by atoms with Crippen LogP contribution in [0, 0.1) is 0 Å². The monoisotopic (exact) mass is 133 g/mol. The Hall–Kier alpha value is 1.10. The molecule has 0 aliphatic heterocycles. The zero-order chi connectivity index (χ0) is 3.58. The number of hydrogen-bond acceptors (Lipinski definition) is 1. The Morgan fingerprint density at radius 1 is 1.50 bits per heavy atom. The fourth-order valence-corrected chi connectivity index (χ4v) is 0. The van der Waals surface area contributed by atoms with Gasteiger partial charge in [0.25, 0.3) is 0 Å². The van der Waals surface area contributed by atoms with Gasteiger partial charge in [-0.2, -0.15) is 0 Å². The number of rotatable bonds is 0. The standard InChI is InChI=1S/Cl2PS/c1-3(2)4. The van der Waals surface area contributed by atoms with Crippen molar-refractivity contribution in [3.05, 3.63) is 0 Å². The lowest BCUT2D eigenvalue weighted by molar-refractivity contribution is 4.81. The summed E-state index contributed by atoms with van der Waals surface area (Å²) in [5.74, 6) is 0. The summed E-state index contributed by atoms with van der Waals surface area (Å²) in [5, 5.41) is -1.09. The molecular weight excluding hydrogens is 134 g/mol. The third-order valence-electron chi connectivity index (χ3n) is 0. The number of hydrogen-bond donors (Lipinski definition) is 0. The minimum atomic E-state index is -1.09. The van der Waals surface area contributed by atoms with Crippen molar-refractivity contribution in [2.75, 3.05) is 0 Å². The Balaban J connectivity index is 2.80. The fraction of sp³-hybridized carbons (Fsp3) is 0. The Morgan fingerprint density at radius 3 is 1.50 bits per heavy atom. The van der Waals surface area contributed by atoms with Crippen LogP contribution >= 0.6 is 27.9 Å². The van der Waals surface area contributed by atoms with E-state index < -0.39 is 5.40 Å². The van der Waals surface area contributed by atoms with Gasteiger partial charge in [-0.1, -0.05) is 0 Å². The van der Waals surface area contributed by atoms with Gasteiger partial charge in [0, 0.05) is 0 Å². The molecule has 0 aromatic rings. The van der Waals surface area contributed by atoms with Gasteiger partial charge in [0.05, 0.1) is 0 Å². The molecule has 0 rings (SSSR count). The van der Waals surface area contributed by atoms with Gasteiger partial charge in [0.15, 0.2) is 0 Å². The van der Waals surface area contributed by atoms with Crippen molar-refractivity contribution in [1.82, 2.24) is 0 Å². The summed E-state index contributed by atoms with van der Waals surface area (Å²) < 4.78 is 0. The van der Waals surface area contributed by atoms with E-state index in [-0.39, 0.29) is 0 Å². The molecule has 0 amide bonds. The highest BCUT2D eigenvalue weighted by atomic mass is 35.9. The fourth-order valence-electron chi connectivity index (χ4n) is 0. The molecule has 0 aliphatic carbocycles. The normalized spacial score (nSPS) is 6.50. The van der Waals surface area contributed by atoms with Crippen LogP contribution < -0.4 is 0 Å². The maximum Gasteiger partial charge on any atom is 0.107 e. The van der Waals surface area contributed by atoms with Crippen molar-refractivity contribution < 1.29 is 0 Å². The Kier molecular flexibility index (Phi) is 2.99. The molecule has 0 aromatic heterocycles. The van der Waals surface area contributed by atoms with E-state index >= 15 is 0 Å². The van der Waals surface area contributed by atoms with Crippen molar-refractivity contribution in [2.24, 2.45) is 0 Å². The van der Waals surface area contributed by atoms with Gasteiger partial charge in [-0.15, -0.1) is 0 Å². The van der Waals surface area contributed by atoms with Gasteiger partial charge < -0.3 is 0 Å². The number of halogens is 2. The van der Waals surface area contributed by atoms with Crippen LogP contribution in [-0.4, -0.2) is 0 Å². The first kappa shape index (κ1) is 5.10. The molecule has 0 bridgehead atoms. The Bertz CT molecular complexity index is 29.0. The minimum Gasteiger partial charge on any atom is -0.0375 e. The second-order valence-corrected chi connectivity index (χ2v) is 5.45. The third kappa shape index (κ3) is 11.3. The molecule has 0 saturated heterocycles. The van der Waals surface area contributed by atoms with Crippen molar-refractivity contribution in [3.8, 4) is 0 Å². The molecule has 4 heavy (non-hydrogen) atoms. The Morgan fingerprint density at radius 2 is 1.50 bits per heavy atom. The van der Waals surface area contributed by atoms with Crippen LogP contribution in [0.1, 0.15) is 0 Å². The molecule has 0 heterocycles. The van der Waals surface area contributed by atoms with E-state index in [0.29, 0.717) is 0 Å². The third-order valence-corrected chi connectivity index (χ3v) is 0. The van der Waals surface area contributed by atoms with E-state index in [0.717, 1.165) is 0 Å². The molecule has 1 radical (unpaired) electrons. The summed E-state index contributed by atoms with van der Waals surface area (Å²) >= 11 is 14.1. The van der Waals surface area contributed by atoms with E-state index in [1.54, 1.807) is 0 Å². The molecule has 0 fully saturated rings. The quantitative estimate of drug-likeness (QED) is 0.457. The van der Waals surface area contributed by atoms with Gasteiger partial charge in [-0.3, -0.25) is 0 Å². The molecule has 25 valence electrons. The average Bonchev–Trinajstić information content (AvgIpc) is 0.811. The molecule has 0 N–H and O–H groups in total. The molecule has 0 atom stereocenters. The van der Waals surface area contributed by atoms with Crippen LogP contribution in [-0.2, 0) is 11.8 Å². The predicted octanol–water partition coefficient (Wildman–Crippen LogP) is 2.24. The highest BCUT2D eigenvalue weighted by molar-refractivity contribution is 8.29. The van der Waals surface area contributed by atoms with E-state index in [1.807, 2.05) is 0 Å². The van der Waals surface area contributed by atoms with Crippen LogP contribution in [0.15, 0.2) is 0 Å². The van der Waals surface area contributed by atoms with Gasteiger partial charge in [0.1, 0.15) is 5.40 Å². The maximum absolute atomic E-state index is 4.92. The van der Waals surface area contributed by atoms with E-state index in [1.165, 1.54) is 0 Å². The largest absolute Gasteiger partial charge is 0.107 e. The molecule has 0 spiro atoms. The van der Waals surface area contributed by atoms with Crippen LogP contribution in [0.5, 0.6) is 0 Å². The van der Waals surface area contributed by atoms with Crippen LogP contribution in [0.4, 0.5) is 0 Å². The van der Waals surface area contributed by atoms with Crippen LogP contribution in [0.3, 0.4) is 0 Å². The topological polar surface area (TPSA) is 0 Å². The first-order valence-electron chi connectivity index (χ1n) is 0.521. The smallest absolute Gasteiger partial charge is 0.0375 e. The summed E-state index contributed by atoms with van der Waals surface area (Å²) in [6, 6.07) is 0. The van der Waals surface area contributed by atoms with Gasteiger partial charge in [-0.05, 0) is 34.3 Å². The highest BCUT2D eigenvalue weighted by Crippen LogP contribution is 2.31. The summed E-state index contributed by atoms with van der Waals surface area (Å²) in [4.78, 5) is 0. The van der Waals surface area contributed by atoms with Crippen molar-refractivity contribution in [2.45, 2.75) is 0 Å². The summed E-state index contributed by atoms with van der Waals surface area (Å²) in [5.41, 5.74) is 0. The second kappa shape index (κ2) is 2.34. The van der Waals surface area contributed by atoms with Crippen LogP contribution in [0.2, 0.25) is 0 Å². The zero-order valence-corrected chi connectivity index (χ0v) is 4.83. The molecule has 4 heteroatoms. The lowest BCUT2D eigenvalue weighted by Crippen LogP contribution is -0.922. The molecule has 0 aromatic carbocycles. The van der Waals surface area contributed by atoms with Gasteiger partial charge in [-0.25, -0.2) is 0 Å². The van der Waals surface area contributed by atoms with Crippen molar-refractivity contribution in [1.29, 1.82) is 0 Å². The highest BCUT2D eigenvalue weighted by Gasteiger charge is 1.62. The van der Waals surface area contributed by atoms with Gasteiger partial charge >= 0.3 is 0 Å². The van der Waals surface area contributed by atoms with Crippen molar-refractivity contribution >= 4 is 39.7 Å². The molecular formula is Cl2PS. The maximum atomic E-state index is 4.92. The molecule has 0 aliphatic rings. The molecule has 0 saturated carbocycles. The summed E-state index contributed by atoms with van der Waals surface area (Å²) in [6.45, 7) is 0. The molecule has 0 unspecified atom stereocenters. The molecule has 0 nitrogen and oxygen atoms in total. The summed E-state index contributed by atoms with van der Waals surface area (Å²) in [7, 11) is 0. The first-order valence-corrected chi connectivity index (χ1v) is 4.69.